The van der Waals surface area contributed by atoms with Crippen LogP contribution >= 0.6 is 11.8 Å². The van der Waals surface area contributed by atoms with Gasteiger partial charge < -0.3 is 10.1 Å². The van der Waals surface area contributed by atoms with Gasteiger partial charge in [0.25, 0.3) is 5.69 Å². The fourth-order valence-corrected chi connectivity index (χ4v) is 3.66. The Morgan fingerprint density at radius 1 is 1.31 bits per heavy atom. The molecule has 3 aromatic rings. The number of aryl methyl sites for hydroxylation is 1. The molecular formula is C22H23N5O4S. The Morgan fingerprint density at radius 3 is 2.75 bits per heavy atom. The third kappa shape index (κ3) is 5.94. The third-order valence-electron chi connectivity index (χ3n) is 4.43. The van der Waals surface area contributed by atoms with Gasteiger partial charge in [-0.2, -0.15) is 0 Å². The summed E-state index contributed by atoms with van der Waals surface area (Å²) in [5, 5.41) is 22.6. The van der Waals surface area contributed by atoms with Crippen LogP contribution in [0.4, 0.5) is 11.4 Å². The highest BCUT2D eigenvalue weighted by atomic mass is 32.2. The van der Waals surface area contributed by atoms with Crippen molar-refractivity contribution < 1.29 is 14.5 Å². The number of nitro benzene ring substituents is 1. The largest absolute Gasteiger partial charge is 0.483 e. The minimum absolute atomic E-state index is 0.0607. The topological polar surface area (TPSA) is 112 Å². The zero-order valence-electron chi connectivity index (χ0n) is 17.7. The first kappa shape index (κ1) is 23.0. The van der Waals surface area contributed by atoms with E-state index in [0.717, 1.165) is 11.3 Å². The summed E-state index contributed by atoms with van der Waals surface area (Å²) in [5.74, 6) is 1.09. The van der Waals surface area contributed by atoms with E-state index >= 15 is 0 Å². The quantitative estimate of drug-likeness (QED) is 0.207. The number of benzene rings is 2. The molecule has 1 heterocycles. The number of aromatic nitrogens is 3. The van der Waals surface area contributed by atoms with Crippen LogP contribution in [0.3, 0.4) is 0 Å². The number of amides is 1. The molecule has 10 heteroatoms. The van der Waals surface area contributed by atoms with Gasteiger partial charge in [0, 0.05) is 24.4 Å². The van der Waals surface area contributed by atoms with Crippen molar-refractivity contribution in [3.8, 4) is 5.75 Å². The maximum Gasteiger partial charge on any atom is 0.271 e. The number of thioether (sulfide) groups is 1. The van der Waals surface area contributed by atoms with Crippen molar-refractivity contribution >= 4 is 29.0 Å². The Labute approximate surface area is 189 Å². The molecule has 1 N–H and O–H groups in total. The molecule has 1 atom stereocenters. The highest BCUT2D eigenvalue weighted by molar-refractivity contribution is 7.99. The summed E-state index contributed by atoms with van der Waals surface area (Å²) in [5.41, 5.74) is 1.41. The van der Waals surface area contributed by atoms with E-state index in [2.05, 4.69) is 22.1 Å². The summed E-state index contributed by atoms with van der Waals surface area (Å²) >= 11 is 1.21. The van der Waals surface area contributed by atoms with Crippen LogP contribution in [-0.4, -0.2) is 31.3 Å². The molecule has 0 fully saturated rings. The number of anilines is 1. The van der Waals surface area contributed by atoms with Gasteiger partial charge in [-0.3, -0.25) is 19.5 Å². The van der Waals surface area contributed by atoms with Gasteiger partial charge in [0.1, 0.15) is 5.75 Å². The molecule has 9 nitrogen and oxygen atoms in total. The molecule has 1 amide bonds. The highest BCUT2D eigenvalue weighted by Gasteiger charge is 2.20. The van der Waals surface area contributed by atoms with Gasteiger partial charge in [-0.1, -0.05) is 41.6 Å². The molecule has 0 saturated carbocycles. The molecule has 1 aromatic heterocycles. The van der Waals surface area contributed by atoms with E-state index in [1.807, 2.05) is 42.7 Å². The number of carbonyl (C=O) groups is 1. The normalized spacial score (nSPS) is 11.6. The van der Waals surface area contributed by atoms with Gasteiger partial charge in [0.2, 0.25) is 5.91 Å². The maximum atomic E-state index is 12.3. The van der Waals surface area contributed by atoms with Crippen LogP contribution in [-0.2, 0) is 11.3 Å². The van der Waals surface area contributed by atoms with Crippen molar-refractivity contribution in [2.45, 2.75) is 31.7 Å². The Morgan fingerprint density at radius 2 is 2.06 bits per heavy atom. The van der Waals surface area contributed by atoms with Gasteiger partial charge in [0.15, 0.2) is 17.1 Å². The summed E-state index contributed by atoms with van der Waals surface area (Å²) in [4.78, 5) is 22.7. The molecule has 0 aliphatic heterocycles. The van der Waals surface area contributed by atoms with Crippen molar-refractivity contribution in [2.24, 2.45) is 0 Å². The van der Waals surface area contributed by atoms with E-state index in [9.17, 15) is 14.9 Å². The van der Waals surface area contributed by atoms with Crippen molar-refractivity contribution in [3.63, 3.8) is 0 Å². The van der Waals surface area contributed by atoms with E-state index < -0.39 is 4.92 Å². The number of nitro groups is 1. The van der Waals surface area contributed by atoms with E-state index in [1.54, 1.807) is 12.1 Å². The van der Waals surface area contributed by atoms with Crippen LogP contribution in [0.5, 0.6) is 5.75 Å². The zero-order chi connectivity index (χ0) is 23.1. The fourth-order valence-electron chi connectivity index (χ4n) is 2.91. The lowest BCUT2D eigenvalue weighted by Gasteiger charge is -2.16. The van der Waals surface area contributed by atoms with Crippen molar-refractivity contribution in [2.75, 3.05) is 11.1 Å². The lowest BCUT2D eigenvalue weighted by atomic mass is 10.2. The number of non-ortho nitro benzene ring substituents is 1. The first-order valence-electron chi connectivity index (χ1n) is 9.81. The number of hydrogen-bond donors (Lipinski definition) is 1. The first-order chi connectivity index (χ1) is 15.4. The average Bonchev–Trinajstić information content (AvgIpc) is 3.17. The van der Waals surface area contributed by atoms with Crippen LogP contribution in [0.2, 0.25) is 0 Å². The highest BCUT2D eigenvalue weighted by Crippen LogP contribution is 2.25. The molecule has 0 aliphatic carbocycles. The predicted octanol–water partition coefficient (Wildman–Crippen LogP) is 4.55. The van der Waals surface area contributed by atoms with Gasteiger partial charge in [-0.15, -0.1) is 16.8 Å². The molecule has 0 aliphatic rings. The molecule has 166 valence electrons. The second kappa shape index (κ2) is 10.6. The molecule has 1 unspecified atom stereocenters. The SMILES string of the molecule is C=CCn1c(SCC(=O)Nc2cccc([N+](=O)[O-])c2)nnc1C(C)Oc1ccc(C)cc1. The molecule has 2 aromatic carbocycles. The zero-order valence-corrected chi connectivity index (χ0v) is 18.5. The Balaban J connectivity index is 1.66. The molecule has 0 saturated heterocycles. The van der Waals surface area contributed by atoms with E-state index in [0.29, 0.717) is 23.2 Å². The number of nitrogens with zero attached hydrogens (tertiary/aromatic N) is 4. The first-order valence-corrected chi connectivity index (χ1v) is 10.8. The van der Waals surface area contributed by atoms with Crippen LogP contribution in [0.25, 0.3) is 0 Å². The minimum atomic E-state index is -0.510. The smallest absolute Gasteiger partial charge is 0.271 e. The predicted molar refractivity (Wildman–Crippen MR) is 123 cm³/mol. The molecule has 3 rings (SSSR count). The summed E-state index contributed by atoms with van der Waals surface area (Å²) in [6.07, 6.45) is 1.36. The standard InChI is InChI=1S/C22H23N5O4S/c1-4-12-26-21(16(3)31-19-10-8-15(2)9-11-19)24-25-22(26)32-14-20(28)23-17-6-5-7-18(13-17)27(29)30/h4-11,13,16H,1,12,14H2,2-3H3,(H,23,28). The lowest BCUT2D eigenvalue weighted by molar-refractivity contribution is -0.384. The molecular weight excluding hydrogens is 430 g/mol. The van der Waals surface area contributed by atoms with Crippen LogP contribution < -0.4 is 10.1 Å². The van der Waals surface area contributed by atoms with Gasteiger partial charge >= 0.3 is 0 Å². The minimum Gasteiger partial charge on any atom is -0.483 e. The van der Waals surface area contributed by atoms with E-state index in [-0.39, 0.29) is 23.5 Å². The molecule has 0 bridgehead atoms. The van der Waals surface area contributed by atoms with Gasteiger partial charge in [-0.25, -0.2) is 0 Å². The van der Waals surface area contributed by atoms with Crippen LogP contribution in [0, 0.1) is 17.0 Å². The average molecular weight is 454 g/mol. The third-order valence-corrected chi connectivity index (χ3v) is 5.39. The van der Waals surface area contributed by atoms with Crippen molar-refractivity contribution in [1.82, 2.24) is 14.8 Å². The second-order valence-electron chi connectivity index (χ2n) is 6.96. The molecule has 32 heavy (non-hydrogen) atoms. The number of rotatable bonds is 10. The Hall–Kier alpha value is -3.66. The monoisotopic (exact) mass is 453 g/mol. The summed E-state index contributed by atoms with van der Waals surface area (Å²) in [6.45, 7) is 8.13. The number of hydrogen-bond acceptors (Lipinski definition) is 7. The number of ether oxygens (including phenoxy) is 1. The van der Waals surface area contributed by atoms with Crippen molar-refractivity contribution in [3.05, 3.63) is 82.7 Å². The number of carbonyl (C=O) groups excluding carboxylic acids is 1. The van der Waals surface area contributed by atoms with Crippen molar-refractivity contribution in [1.29, 1.82) is 0 Å². The van der Waals surface area contributed by atoms with E-state index in [1.165, 1.54) is 30.0 Å². The van der Waals surface area contributed by atoms with Gasteiger partial charge in [0.05, 0.1) is 10.7 Å². The Bertz CT molecular complexity index is 1110. The molecule has 0 spiro atoms. The van der Waals surface area contributed by atoms with Gasteiger partial charge in [-0.05, 0) is 32.0 Å². The van der Waals surface area contributed by atoms with Crippen LogP contribution in [0.15, 0.2) is 66.3 Å². The summed E-state index contributed by atoms with van der Waals surface area (Å²) in [7, 11) is 0. The summed E-state index contributed by atoms with van der Waals surface area (Å²) < 4.78 is 7.83. The van der Waals surface area contributed by atoms with Crippen LogP contribution in [0.1, 0.15) is 24.4 Å². The molecule has 0 radical (unpaired) electrons. The van der Waals surface area contributed by atoms with E-state index in [4.69, 9.17) is 4.74 Å². The second-order valence-corrected chi connectivity index (χ2v) is 7.90. The maximum absolute atomic E-state index is 12.3. The summed E-state index contributed by atoms with van der Waals surface area (Å²) in [6, 6.07) is 13.5. The fraction of sp³-hybridized carbons (Fsp3) is 0.227. The number of allylic oxidation sites excluding steroid dienone is 1. The lowest BCUT2D eigenvalue weighted by Crippen LogP contribution is -2.15. The number of nitrogens with one attached hydrogen (secondary N) is 1. The Kier molecular flexibility index (Phi) is 7.61.